The number of nitrogens with zero attached hydrogens (tertiary/aromatic N) is 2. The van der Waals surface area contributed by atoms with Crippen LogP contribution in [0.2, 0.25) is 0 Å². The van der Waals surface area contributed by atoms with Crippen molar-refractivity contribution in [2.24, 2.45) is 0 Å². The molecule has 0 fully saturated rings. The summed E-state index contributed by atoms with van der Waals surface area (Å²) in [7, 11) is 0. The largest absolute Gasteiger partial charge is 0.347 e. The molecule has 6 heteroatoms. The van der Waals surface area contributed by atoms with Gasteiger partial charge in [-0.1, -0.05) is 31.2 Å². The first-order chi connectivity index (χ1) is 13.0. The quantitative estimate of drug-likeness (QED) is 0.703. The minimum absolute atomic E-state index is 0.120. The van der Waals surface area contributed by atoms with Crippen LogP contribution in [0.5, 0.6) is 0 Å². The number of fused-ring (bicyclic) bond motifs is 1. The molecular formula is C21H24N4O2. The number of aryl methyl sites for hydroxylation is 1. The average Bonchev–Trinajstić information content (AvgIpc) is 3.00. The highest BCUT2D eigenvalue weighted by Gasteiger charge is 2.19. The number of para-hydroxylation sites is 2. The topological polar surface area (TPSA) is 76.0 Å². The third kappa shape index (κ3) is 4.34. The van der Waals surface area contributed by atoms with Gasteiger partial charge in [0, 0.05) is 12.6 Å². The van der Waals surface area contributed by atoms with Crippen LogP contribution in [0.4, 0.5) is 5.69 Å². The Morgan fingerprint density at radius 2 is 1.81 bits per heavy atom. The monoisotopic (exact) mass is 364 g/mol. The maximum absolute atomic E-state index is 12.6. The van der Waals surface area contributed by atoms with Gasteiger partial charge in [0.15, 0.2) is 0 Å². The van der Waals surface area contributed by atoms with Crippen molar-refractivity contribution in [3.05, 3.63) is 59.9 Å². The molecule has 0 radical (unpaired) electrons. The molecular weight excluding hydrogens is 340 g/mol. The van der Waals surface area contributed by atoms with Gasteiger partial charge in [-0.15, -0.1) is 0 Å². The Hall–Kier alpha value is -3.15. The van der Waals surface area contributed by atoms with E-state index in [1.807, 2.05) is 60.0 Å². The SMILES string of the molecule is CCc1ccc(NC(=O)Cn2c(C(C)NC(C)=O)nc3ccccc32)cc1. The standard InChI is InChI=1S/C21H24N4O2/c1-4-16-9-11-17(12-10-16)23-20(27)13-25-19-8-6-5-7-18(19)24-21(25)14(2)22-15(3)26/h5-12,14H,4,13H2,1-3H3,(H,22,26)(H,23,27). The fourth-order valence-electron chi connectivity index (χ4n) is 3.13. The summed E-state index contributed by atoms with van der Waals surface area (Å²) in [5.74, 6) is 0.378. The first kappa shape index (κ1) is 18.6. The summed E-state index contributed by atoms with van der Waals surface area (Å²) in [6.07, 6.45) is 0.958. The normalized spacial score (nSPS) is 12.0. The molecule has 2 N–H and O–H groups in total. The Morgan fingerprint density at radius 3 is 2.48 bits per heavy atom. The molecule has 0 saturated heterocycles. The summed E-state index contributed by atoms with van der Waals surface area (Å²) < 4.78 is 1.85. The number of carbonyl (C=O) groups excluding carboxylic acids is 2. The zero-order valence-corrected chi connectivity index (χ0v) is 15.8. The fraction of sp³-hybridized carbons (Fsp3) is 0.286. The number of anilines is 1. The lowest BCUT2D eigenvalue weighted by molar-refractivity contribution is -0.119. The lowest BCUT2D eigenvalue weighted by Crippen LogP contribution is -2.28. The molecule has 0 bridgehead atoms. The van der Waals surface area contributed by atoms with E-state index >= 15 is 0 Å². The van der Waals surface area contributed by atoms with Gasteiger partial charge in [0.05, 0.1) is 17.1 Å². The summed E-state index contributed by atoms with van der Waals surface area (Å²) in [6, 6.07) is 15.2. The second-order valence-electron chi connectivity index (χ2n) is 6.57. The van der Waals surface area contributed by atoms with Gasteiger partial charge in [-0.25, -0.2) is 4.98 Å². The van der Waals surface area contributed by atoms with Gasteiger partial charge >= 0.3 is 0 Å². The van der Waals surface area contributed by atoms with Gasteiger partial charge in [-0.3, -0.25) is 9.59 Å². The zero-order valence-electron chi connectivity index (χ0n) is 15.8. The average molecular weight is 364 g/mol. The number of rotatable bonds is 6. The van der Waals surface area contributed by atoms with Crippen LogP contribution in [0.25, 0.3) is 11.0 Å². The summed E-state index contributed by atoms with van der Waals surface area (Å²) in [5.41, 5.74) is 3.64. The van der Waals surface area contributed by atoms with E-state index in [1.165, 1.54) is 12.5 Å². The molecule has 1 aromatic heterocycles. The molecule has 140 valence electrons. The van der Waals surface area contributed by atoms with Crippen molar-refractivity contribution in [2.75, 3.05) is 5.32 Å². The third-order valence-corrected chi connectivity index (χ3v) is 4.44. The molecule has 1 atom stereocenters. The number of benzene rings is 2. The van der Waals surface area contributed by atoms with E-state index in [-0.39, 0.29) is 24.4 Å². The van der Waals surface area contributed by atoms with E-state index < -0.39 is 0 Å². The van der Waals surface area contributed by atoms with Crippen molar-refractivity contribution in [3.63, 3.8) is 0 Å². The van der Waals surface area contributed by atoms with E-state index in [2.05, 4.69) is 22.5 Å². The molecule has 0 aliphatic carbocycles. The molecule has 2 amide bonds. The van der Waals surface area contributed by atoms with Crippen molar-refractivity contribution < 1.29 is 9.59 Å². The predicted octanol–water partition coefficient (Wildman–Crippen LogP) is 3.43. The first-order valence-corrected chi connectivity index (χ1v) is 9.09. The molecule has 1 unspecified atom stereocenters. The number of imidazole rings is 1. The van der Waals surface area contributed by atoms with Crippen molar-refractivity contribution in [2.45, 2.75) is 39.8 Å². The molecule has 0 saturated carbocycles. The molecule has 3 rings (SSSR count). The second kappa shape index (κ2) is 8.03. The van der Waals surface area contributed by atoms with Gasteiger partial charge < -0.3 is 15.2 Å². The molecule has 3 aromatic rings. The Kier molecular flexibility index (Phi) is 5.54. The molecule has 0 aliphatic rings. The van der Waals surface area contributed by atoms with Crippen LogP contribution in [-0.4, -0.2) is 21.4 Å². The second-order valence-corrected chi connectivity index (χ2v) is 6.57. The minimum atomic E-state index is -0.300. The van der Waals surface area contributed by atoms with Crippen LogP contribution in [-0.2, 0) is 22.6 Å². The predicted molar refractivity (Wildman–Crippen MR) is 106 cm³/mol. The zero-order chi connectivity index (χ0) is 19.4. The number of hydrogen-bond donors (Lipinski definition) is 2. The number of aromatic nitrogens is 2. The first-order valence-electron chi connectivity index (χ1n) is 9.09. The molecule has 0 spiro atoms. The lowest BCUT2D eigenvalue weighted by Gasteiger charge is -2.15. The van der Waals surface area contributed by atoms with Crippen LogP contribution in [0.3, 0.4) is 0 Å². The maximum Gasteiger partial charge on any atom is 0.244 e. The van der Waals surface area contributed by atoms with E-state index in [0.29, 0.717) is 5.82 Å². The highest BCUT2D eigenvalue weighted by molar-refractivity contribution is 5.91. The summed E-state index contributed by atoms with van der Waals surface area (Å²) in [4.78, 5) is 28.7. The van der Waals surface area contributed by atoms with Crippen molar-refractivity contribution >= 4 is 28.5 Å². The van der Waals surface area contributed by atoms with Gasteiger partial charge in [-0.05, 0) is 43.2 Å². The number of amides is 2. The maximum atomic E-state index is 12.6. The minimum Gasteiger partial charge on any atom is -0.347 e. The Morgan fingerprint density at radius 1 is 1.11 bits per heavy atom. The van der Waals surface area contributed by atoms with Gasteiger partial charge in [0.1, 0.15) is 12.4 Å². The van der Waals surface area contributed by atoms with Gasteiger partial charge in [0.2, 0.25) is 11.8 Å². The Balaban J connectivity index is 1.85. The lowest BCUT2D eigenvalue weighted by atomic mass is 10.1. The highest BCUT2D eigenvalue weighted by atomic mass is 16.2. The van der Waals surface area contributed by atoms with E-state index in [1.54, 1.807) is 0 Å². The third-order valence-electron chi connectivity index (χ3n) is 4.44. The van der Waals surface area contributed by atoms with Crippen LogP contribution < -0.4 is 10.6 Å². The molecule has 2 aromatic carbocycles. The molecule has 6 nitrogen and oxygen atoms in total. The van der Waals surface area contributed by atoms with Crippen molar-refractivity contribution in [1.29, 1.82) is 0 Å². The van der Waals surface area contributed by atoms with Gasteiger partial charge in [-0.2, -0.15) is 0 Å². The highest BCUT2D eigenvalue weighted by Crippen LogP contribution is 2.21. The number of nitrogens with one attached hydrogen (secondary N) is 2. The smallest absolute Gasteiger partial charge is 0.244 e. The molecule has 27 heavy (non-hydrogen) atoms. The van der Waals surface area contributed by atoms with Crippen molar-refractivity contribution in [3.8, 4) is 0 Å². The molecule has 1 heterocycles. The van der Waals surface area contributed by atoms with Crippen LogP contribution >= 0.6 is 0 Å². The van der Waals surface area contributed by atoms with Crippen LogP contribution in [0, 0.1) is 0 Å². The van der Waals surface area contributed by atoms with Crippen molar-refractivity contribution in [1.82, 2.24) is 14.9 Å². The number of hydrogen-bond acceptors (Lipinski definition) is 3. The summed E-state index contributed by atoms with van der Waals surface area (Å²) in [6.45, 7) is 5.54. The molecule has 0 aliphatic heterocycles. The Labute approximate surface area is 158 Å². The number of carbonyl (C=O) groups is 2. The fourth-order valence-corrected chi connectivity index (χ4v) is 3.13. The van der Waals surface area contributed by atoms with E-state index in [0.717, 1.165) is 23.1 Å². The van der Waals surface area contributed by atoms with E-state index in [4.69, 9.17) is 0 Å². The van der Waals surface area contributed by atoms with Gasteiger partial charge in [0.25, 0.3) is 0 Å². The Bertz CT molecular complexity index is 960. The van der Waals surface area contributed by atoms with Crippen LogP contribution in [0.15, 0.2) is 48.5 Å². The summed E-state index contributed by atoms with van der Waals surface area (Å²) >= 11 is 0. The van der Waals surface area contributed by atoms with Crippen LogP contribution in [0.1, 0.15) is 38.2 Å². The van der Waals surface area contributed by atoms with E-state index in [9.17, 15) is 9.59 Å². The summed E-state index contributed by atoms with van der Waals surface area (Å²) in [5, 5.41) is 5.77.